The van der Waals surface area contributed by atoms with E-state index in [1.54, 1.807) is 24.5 Å². The number of halogens is 1. The molecule has 0 aromatic carbocycles. The van der Waals surface area contributed by atoms with Gasteiger partial charge >= 0.3 is 0 Å². The maximum Gasteiger partial charge on any atom is 0.261 e. The van der Waals surface area contributed by atoms with Gasteiger partial charge in [-0.25, -0.2) is 8.42 Å². The number of hydrogen-bond donors (Lipinski definition) is 0. The molecule has 0 saturated heterocycles. The third kappa shape index (κ3) is 3.41. The molecule has 0 unspecified atom stereocenters. The first-order chi connectivity index (χ1) is 8.09. The number of allylic oxidation sites excluding steroid dienone is 1. The predicted molar refractivity (Wildman–Crippen MR) is 71.2 cm³/mol. The van der Waals surface area contributed by atoms with Crippen molar-refractivity contribution in [3.8, 4) is 0 Å². The number of aromatic nitrogens is 1. The molecule has 0 amide bonds. The number of fused-ring (bicyclic) bond motifs is 1. The van der Waals surface area contributed by atoms with Crippen LogP contribution >= 0.6 is 10.7 Å². The highest BCUT2D eigenvalue weighted by atomic mass is 35.7. The molecule has 0 saturated carbocycles. The Balaban J connectivity index is 0.000000686. The van der Waals surface area contributed by atoms with Crippen molar-refractivity contribution >= 4 is 30.7 Å². The summed E-state index contributed by atoms with van der Waals surface area (Å²) >= 11 is 0. The largest absolute Gasteiger partial charge is 0.264 e. The van der Waals surface area contributed by atoms with Gasteiger partial charge in [0.15, 0.2) is 0 Å². The van der Waals surface area contributed by atoms with Gasteiger partial charge in [0.1, 0.15) is 0 Å². The summed E-state index contributed by atoms with van der Waals surface area (Å²) in [6.45, 7) is 4.00. The van der Waals surface area contributed by atoms with Gasteiger partial charge in [0.05, 0.1) is 4.91 Å². The van der Waals surface area contributed by atoms with Gasteiger partial charge in [-0.3, -0.25) is 4.98 Å². The van der Waals surface area contributed by atoms with Crippen molar-refractivity contribution in [3.63, 3.8) is 0 Å². The molecule has 0 N–H and O–H groups in total. The quantitative estimate of drug-likeness (QED) is 0.728. The lowest BCUT2D eigenvalue weighted by atomic mass is 10.3. The van der Waals surface area contributed by atoms with Gasteiger partial charge in [-0.2, -0.15) is 0 Å². The fourth-order valence-electron chi connectivity index (χ4n) is 1.47. The molecule has 1 aliphatic rings. The summed E-state index contributed by atoms with van der Waals surface area (Å²) in [4.78, 5) is 4.08. The first-order valence-electron chi connectivity index (χ1n) is 5.35. The van der Waals surface area contributed by atoms with Crippen molar-refractivity contribution in [1.82, 2.24) is 4.98 Å². The van der Waals surface area contributed by atoms with Crippen LogP contribution in [0.25, 0.3) is 11.0 Å². The minimum Gasteiger partial charge on any atom is -0.264 e. The van der Waals surface area contributed by atoms with Crippen LogP contribution in [0, 0.1) is 0 Å². The molecule has 1 aromatic heterocycles. The Kier molecular flexibility index (Phi) is 4.90. The van der Waals surface area contributed by atoms with Crippen LogP contribution in [0.4, 0.5) is 0 Å². The zero-order chi connectivity index (χ0) is 12.9. The van der Waals surface area contributed by atoms with Crippen LogP contribution in [0.5, 0.6) is 0 Å². The van der Waals surface area contributed by atoms with Crippen molar-refractivity contribution in [2.75, 3.05) is 0 Å². The third-order valence-electron chi connectivity index (χ3n) is 2.12. The monoisotopic (exact) mass is 271 g/mol. The van der Waals surface area contributed by atoms with Crippen LogP contribution in [0.2, 0.25) is 0 Å². The van der Waals surface area contributed by atoms with Gasteiger partial charge in [0.25, 0.3) is 9.05 Å². The maximum absolute atomic E-state index is 11.3. The molecular formula is C12H14ClNO2S. The molecule has 1 aliphatic carbocycles. The van der Waals surface area contributed by atoms with Crippen molar-refractivity contribution in [1.29, 1.82) is 0 Å². The normalized spacial score (nSPS) is 13.9. The number of nitrogens with zero attached hydrogens (tertiary/aromatic N) is 1. The highest BCUT2D eigenvalue weighted by Gasteiger charge is 2.13. The van der Waals surface area contributed by atoms with Gasteiger partial charge in [0.2, 0.25) is 0 Å². The van der Waals surface area contributed by atoms with Gasteiger partial charge in [0, 0.05) is 28.3 Å². The first kappa shape index (κ1) is 13.9. The van der Waals surface area contributed by atoms with E-state index < -0.39 is 9.05 Å². The average molecular weight is 272 g/mol. The Bertz CT molecular complexity index is 633. The van der Waals surface area contributed by atoms with Crippen LogP contribution in [0.15, 0.2) is 30.6 Å². The fourth-order valence-corrected chi connectivity index (χ4v) is 2.58. The second kappa shape index (κ2) is 5.98. The summed E-state index contributed by atoms with van der Waals surface area (Å²) in [6.07, 6.45) is 9.06. The van der Waals surface area contributed by atoms with Crippen molar-refractivity contribution in [2.45, 2.75) is 20.3 Å². The zero-order valence-corrected chi connectivity index (χ0v) is 11.3. The Morgan fingerprint density at radius 1 is 1.35 bits per heavy atom. The Morgan fingerprint density at radius 3 is 2.71 bits per heavy atom. The second-order valence-electron chi connectivity index (χ2n) is 3.11. The highest BCUT2D eigenvalue weighted by Crippen LogP contribution is 2.13. The highest BCUT2D eigenvalue weighted by molar-refractivity contribution is 8.21. The lowest BCUT2D eigenvalue weighted by molar-refractivity contribution is 0.618. The second-order valence-corrected chi connectivity index (χ2v) is 5.64. The maximum atomic E-state index is 11.3. The molecule has 0 radical (unpaired) electrons. The van der Waals surface area contributed by atoms with E-state index in [-0.39, 0.29) is 4.91 Å². The number of pyridine rings is 1. The average Bonchev–Trinajstić information content (AvgIpc) is 2.53. The van der Waals surface area contributed by atoms with E-state index in [1.807, 2.05) is 19.9 Å². The van der Waals surface area contributed by atoms with E-state index in [0.717, 1.165) is 5.22 Å². The molecule has 5 heteroatoms. The van der Waals surface area contributed by atoms with Crippen LogP contribution in [-0.2, 0) is 9.05 Å². The lowest BCUT2D eigenvalue weighted by Crippen LogP contribution is -2.27. The molecule has 1 heterocycles. The predicted octanol–water partition coefficient (Wildman–Crippen LogP) is 1.53. The Morgan fingerprint density at radius 2 is 2.06 bits per heavy atom. The summed E-state index contributed by atoms with van der Waals surface area (Å²) in [5.74, 6) is 0. The van der Waals surface area contributed by atoms with Crippen LogP contribution in [0.1, 0.15) is 20.3 Å². The molecule has 0 spiro atoms. The van der Waals surface area contributed by atoms with E-state index in [2.05, 4.69) is 4.98 Å². The first-order valence-corrected chi connectivity index (χ1v) is 7.66. The molecular weight excluding hydrogens is 258 g/mol. The molecule has 0 atom stereocenters. The molecule has 92 valence electrons. The topological polar surface area (TPSA) is 47.0 Å². The summed E-state index contributed by atoms with van der Waals surface area (Å²) in [5.41, 5.74) is 0. The third-order valence-corrected chi connectivity index (χ3v) is 3.50. The van der Waals surface area contributed by atoms with Gasteiger partial charge < -0.3 is 0 Å². The summed E-state index contributed by atoms with van der Waals surface area (Å²) < 4.78 is 22.7. The molecule has 17 heavy (non-hydrogen) atoms. The number of rotatable bonds is 1. The van der Waals surface area contributed by atoms with Crippen molar-refractivity contribution in [2.24, 2.45) is 0 Å². The summed E-state index contributed by atoms with van der Waals surface area (Å²) in [6, 6.07) is 1.65. The fraction of sp³-hybridized carbons (Fsp3) is 0.250. The molecule has 0 aliphatic heterocycles. The van der Waals surface area contributed by atoms with E-state index >= 15 is 0 Å². The molecule has 2 rings (SSSR count). The van der Waals surface area contributed by atoms with Crippen LogP contribution < -0.4 is 10.4 Å². The van der Waals surface area contributed by atoms with Gasteiger partial charge in [-0.15, -0.1) is 0 Å². The standard InChI is InChI=1S/C10H8ClNO2S.C2H6/c11-15(13,14)10-4-2-1-3-8-7-12-6-5-9(8)10;1-2/h2-7H,1H2;1-2H3. The smallest absolute Gasteiger partial charge is 0.261 e. The molecule has 1 aromatic rings. The van der Waals surface area contributed by atoms with Gasteiger partial charge in [-0.1, -0.05) is 26.0 Å². The van der Waals surface area contributed by atoms with Crippen LogP contribution in [-0.4, -0.2) is 13.4 Å². The molecule has 3 nitrogen and oxygen atoms in total. The Hall–Kier alpha value is -1.13. The van der Waals surface area contributed by atoms with Crippen LogP contribution in [0.3, 0.4) is 0 Å². The van der Waals surface area contributed by atoms with E-state index in [1.165, 1.54) is 6.08 Å². The van der Waals surface area contributed by atoms with E-state index in [4.69, 9.17) is 10.7 Å². The summed E-state index contributed by atoms with van der Waals surface area (Å²) in [5, 5.41) is 1.40. The molecule has 0 bridgehead atoms. The van der Waals surface area contributed by atoms with E-state index in [9.17, 15) is 8.42 Å². The zero-order valence-electron chi connectivity index (χ0n) is 9.72. The minimum atomic E-state index is -3.71. The molecule has 0 fully saturated rings. The SMILES string of the molecule is CC.O=S(=O)(Cl)C1=c2ccncc2=CCC=C1. The summed E-state index contributed by atoms with van der Waals surface area (Å²) in [7, 11) is 1.65. The minimum absolute atomic E-state index is 0.135. The lowest BCUT2D eigenvalue weighted by Gasteiger charge is -1.96. The Labute approximate surface area is 106 Å². The van der Waals surface area contributed by atoms with Crippen molar-refractivity contribution < 1.29 is 8.42 Å². The van der Waals surface area contributed by atoms with E-state index in [0.29, 0.717) is 11.6 Å². The van der Waals surface area contributed by atoms with Gasteiger partial charge in [-0.05, 0) is 23.8 Å². The van der Waals surface area contributed by atoms with Crippen molar-refractivity contribution in [3.05, 3.63) is 41.0 Å². The number of hydrogen-bond acceptors (Lipinski definition) is 3.